The second kappa shape index (κ2) is 7.60. The molecule has 0 unspecified atom stereocenters. The largest absolute Gasteiger partial charge is 0.454 e. The van der Waals surface area contributed by atoms with E-state index in [2.05, 4.69) is 0 Å². The van der Waals surface area contributed by atoms with E-state index in [1.807, 2.05) is 30.3 Å². The molecular formula is C24H17NO6. The Morgan fingerprint density at radius 1 is 0.871 bits per heavy atom. The Labute approximate surface area is 177 Å². The van der Waals surface area contributed by atoms with Crippen molar-refractivity contribution in [3.63, 3.8) is 0 Å². The molecule has 2 heterocycles. The van der Waals surface area contributed by atoms with Gasteiger partial charge in [-0.1, -0.05) is 42.5 Å². The maximum atomic E-state index is 13.2. The standard InChI is InChI=1S/C24H17NO6/c26-22-17-8-4-5-9-18(17)23(27)25(22)19(12-15-6-2-1-3-7-15)24(28)31-16-10-11-20-21(13-16)30-14-29-20/h1-11,13,19H,12,14H2/t19-/m0/s1. The quantitative estimate of drug-likeness (QED) is 0.362. The third kappa shape index (κ3) is 3.40. The van der Waals surface area contributed by atoms with Gasteiger partial charge in [0, 0.05) is 12.5 Å². The molecule has 0 aromatic heterocycles. The SMILES string of the molecule is O=C(Oc1ccc2c(c1)OCO2)[C@H](Cc1ccccc1)N1C(=O)c2ccccc2C1=O. The molecule has 0 radical (unpaired) electrons. The molecule has 1 atom stereocenters. The predicted octanol–water partition coefficient (Wildman–Crippen LogP) is 3.23. The van der Waals surface area contributed by atoms with Crippen molar-refractivity contribution >= 4 is 17.8 Å². The van der Waals surface area contributed by atoms with Crippen molar-refractivity contribution in [3.05, 3.63) is 89.5 Å². The number of amides is 2. The number of fused-ring (bicyclic) bond motifs is 2. The van der Waals surface area contributed by atoms with Crippen LogP contribution in [-0.2, 0) is 11.2 Å². The maximum absolute atomic E-state index is 13.2. The fourth-order valence-corrected chi connectivity index (χ4v) is 3.73. The first-order chi connectivity index (χ1) is 15.1. The Kier molecular flexibility index (Phi) is 4.63. The van der Waals surface area contributed by atoms with Crippen LogP contribution in [0.4, 0.5) is 0 Å². The first kappa shape index (κ1) is 18.9. The summed E-state index contributed by atoms with van der Waals surface area (Å²) in [5.41, 5.74) is 1.36. The molecule has 2 amide bonds. The minimum atomic E-state index is -1.12. The second-order valence-corrected chi connectivity index (χ2v) is 7.17. The summed E-state index contributed by atoms with van der Waals surface area (Å²) >= 11 is 0. The molecule has 0 bridgehead atoms. The molecule has 0 N–H and O–H groups in total. The number of ether oxygens (including phenoxy) is 3. The Hall–Kier alpha value is -4.13. The smallest absolute Gasteiger partial charge is 0.335 e. The Balaban J connectivity index is 1.47. The molecule has 3 aromatic rings. The zero-order valence-corrected chi connectivity index (χ0v) is 16.3. The lowest BCUT2D eigenvalue weighted by atomic mass is 10.0. The van der Waals surface area contributed by atoms with Gasteiger partial charge >= 0.3 is 5.97 Å². The number of imide groups is 1. The van der Waals surface area contributed by atoms with Gasteiger partial charge in [0.05, 0.1) is 11.1 Å². The topological polar surface area (TPSA) is 82.1 Å². The maximum Gasteiger partial charge on any atom is 0.335 e. The lowest BCUT2D eigenvalue weighted by molar-refractivity contribution is -0.138. The number of nitrogens with zero attached hydrogens (tertiary/aromatic N) is 1. The third-order valence-corrected chi connectivity index (χ3v) is 5.24. The lowest BCUT2D eigenvalue weighted by Gasteiger charge is -2.24. The minimum absolute atomic E-state index is 0.0956. The third-order valence-electron chi connectivity index (χ3n) is 5.24. The van der Waals surface area contributed by atoms with E-state index < -0.39 is 23.8 Å². The minimum Gasteiger partial charge on any atom is -0.454 e. The van der Waals surface area contributed by atoms with Gasteiger partial charge in [0.1, 0.15) is 11.8 Å². The van der Waals surface area contributed by atoms with Crippen molar-refractivity contribution < 1.29 is 28.6 Å². The molecule has 31 heavy (non-hydrogen) atoms. The molecular weight excluding hydrogens is 398 g/mol. The molecule has 7 heteroatoms. The van der Waals surface area contributed by atoms with Gasteiger partial charge in [-0.3, -0.25) is 14.5 Å². The number of carbonyl (C=O) groups is 3. The van der Waals surface area contributed by atoms with E-state index in [0.717, 1.165) is 10.5 Å². The van der Waals surface area contributed by atoms with E-state index in [4.69, 9.17) is 14.2 Å². The fraction of sp³-hybridized carbons (Fsp3) is 0.125. The lowest BCUT2D eigenvalue weighted by Crippen LogP contribution is -2.48. The normalized spacial score (nSPS) is 15.0. The van der Waals surface area contributed by atoms with Crippen LogP contribution in [0.15, 0.2) is 72.8 Å². The van der Waals surface area contributed by atoms with Crippen LogP contribution in [0.3, 0.4) is 0 Å². The van der Waals surface area contributed by atoms with Crippen LogP contribution in [0.5, 0.6) is 17.2 Å². The summed E-state index contributed by atoms with van der Waals surface area (Å²) in [6.45, 7) is 0.0956. The molecule has 2 aliphatic heterocycles. The van der Waals surface area contributed by atoms with E-state index in [-0.39, 0.29) is 30.1 Å². The first-order valence-electron chi connectivity index (χ1n) is 9.74. The van der Waals surface area contributed by atoms with Gasteiger partial charge in [0.25, 0.3) is 11.8 Å². The molecule has 0 spiro atoms. The van der Waals surface area contributed by atoms with Crippen LogP contribution in [0.2, 0.25) is 0 Å². The summed E-state index contributed by atoms with van der Waals surface area (Å²) in [5, 5.41) is 0. The zero-order chi connectivity index (χ0) is 21.4. The molecule has 3 aromatic carbocycles. The Morgan fingerprint density at radius 3 is 2.23 bits per heavy atom. The highest BCUT2D eigenvalue weighted by Crippen LogP contribution is 2.35. The number of benzene rings is 3. The van der Waals surface area contributed by atoms with E-state index in [1.165, 1.54) is 0 Å². The molecule has 154 valence electrons. The molecule has 0 saturated heterocycles. The Morgan fingerprint density at radius 2 is 1.52 bits per heavy atom. The summed E-state index contributed by atoms with van der Waals surface area (Å²) in [4.78, 5) is 40.2. The number of rotatable bonds is 5. The first-order valence-corrected chi connectivity index (χ1v) is 9.74. The summed E-state index contributed by atoms with van der Waals surface area (Å²) in [7, 11) is 0. The average molecular weight is 415 g/mol. The van der Waals surface area contributed by atoms with Crippen molar-refractivity contribution in [2.45, 2.75) is 12.5 Å². The molecule has 5 rings (SSSR count). The van der Waals surface area contributed by atoms with E-state index >= 15 is 0 Å². The average Bonchev–Trinajstić information content (AvgIpc) is 3.36. The number of hydrogen-bond acceptors (Lipinski definition) is 6. The van der Waals surface area contributed by atoms with Crippen LogP contribution < -0.4 is 14.2 Å². The summed E-state index contributed by atoms with van der Waals surface area (Å²) < 4.78 is 16.2. The van der Waals surface area contributed by atoms with Crippen molar-refractivity contribution in [1.29, 1.82) is 0 Å². The van der Waals surface area contributed by atoms with Crippen LogP contribution in [0.25, 0.3) is 0 Å². The molecule has 2 aliphatic rings. The molecule has 0 saturated carbocycles. The van der Waals surface area contributed by atoms with Gasteiger partial charge in [0.2, 0.25) is 6.79 Å². The molecule has 7 nitrogen and oxygen atoms in total. The monoisotopic (exact) mass is 415 g/mol. The highest BCUT2D eigenvalue weighted by molar-refractivity contribution is 6.22. The van der Waals surface area contributed by atoms with Gasteiger partial charge in [-0.05, 0) is 29.8 Å². The highest BCUT2D eigenvalue weighted by Gasteiger charge is 2.43. The van der Waals surface area contributed by atoms with Gasteiger partial charge in [-0.25, -0.2) is 4.79 Å². The summed E-state index contributed by atoms with van der Waals surface area (Å²) in [5.74, 6) is -0.471. The number of esters is 1. The van der Waals surface area contributed by atoms with Crippen LogP contribution >= 0.6 is 0 Å². The van der Waals surface area contributed by atoms with Crippen LogP contribution in [0.1, 0.15) is 26.3 Å². The zero-order valence-electron chi connectivity index (χ0n) is 16.3. The summed E-state index contributed by atoms with van der Waals surface area (Å²) in [6, 6.07) is 19.3. The van der Waals surface area contributed by atoms with Gasteiger partial charge in [-0.2, -0.15) is 0 Å². The van der Waals surface area contributed by atoms with Gasteiger partial charge in [0.15, 0.2) is 11.5 Å². The van der Waals surface area contributed by atoms with Crippen LogP contribution in [-0.4, -0.2) is 35.5 Å². The highest BCUT2D eigenvalue weighted by atomic mass is 16.7. The van der Waals surface area contributed by atoms with Crippen molar-refractivity contribution in [1.82, 2.24) is 4.90 Å². The van der Waals surface area contributed by atoms with Crippen molar-refractivity contribution in [2.75, 3.05) is 6.79 Å². The van der Waals surface area contributed by atoms with Gasteiger partial charge < -0.3 is 14.2 Å². The van der Waals surface area contributed by atoms with E-state index in [1.54, 1.807) is 42.5 Å². The number of carbonyl (C=O) groups excluding carboxylic acids is 3. The van der Waals surface area contributed by atoms with E-state index in [9.17, 15) is 14.4 Å². The van der Waals surface area contributed by atoms with Crippen LogP contribution in [0, 0.1) is 0 Å². The van der Waals surface area contributed by atoms with Crippen molar-refractivity contribution in [3.8, 4) is 17.2 Å². The fourth-order valence-electron chi connectivity index (χ4n) is 3.73. The molecule has 0 aliphatic carbocycles. The summed E-state index contributed by atoms with van der Waals surface area (Å²) in [6.07, 6.45) is 0.135. The number of hydrogen-bond donors (Lipinski definition) is 0. The van der Waals surface area contributed by atoms with Gasteiger partial charge in [-0.15, -0.1) is 0 Å². The van der Waals surface area contributed by atoms with E-state index in [0.29, 0.717) is 11.5 Å². The van der Waals surface area contributed by atoms with Crippen molar-refractivity contribution in [2.24, 2.45) is 0 Å². The predicted molar refractivity (Wildman–Crippen MR) is 109 cm³/mol. The molecule has 0 fully saturated rings. The second-order valence-electron chi connectivity index (χ2n) is 7.17. The Bertz CT molecular complexity index is 1150.